The van der Waals surface area contributed by atoms with E-state index in [9.17, 15) is 13.6 Å². The van der Waals surface area contributed by atoms with Gasteiger partial charge in [0.05, 0.1) is 11.2 Å². The summed E-state index contributed by atoms with van der Waals surface area (Å²) in [6, 6.07) is 7.06. The number of fused-ring (bicyclic) bond motifs is 1. The number of halogens is 2. The predicted octanol–water partition coefficient (Wildman–Crippen LogP) is 4.87. The van der Waals surface area contributed by atoms with Gasteiger partial charge < -0.3 is 4.98 Å². The summed E-state index contributed by atoms with van der Waals surface area (Å²) in [4.78, 5) is 28.2. The molecule has 0 aliphatic carbocycles. The minimum absolute atomic E-state index is 0.0588. The summed E-state index contributed by atoms with van der Waals surface area (Å²) >= 11 is 0. The molecule has 1 N–H and O–H groups in total. The van der Waals surface area contributed by atoms with E-state index in [1.54, 1.807) is 18.3 Å². The largest absolute Gasteiger partial charge is 0.335 e. The number of nitrogens with zero attached hydrogens (tertiary/aromatic N) is 3. The van der Waals surface area contributed by atoms with Crippen molar-refractivity contribution in [1.82, 2.24) is 19.9 Å². The number of nitrogens with one attached hydrogen (secondary N) is 1. The molecule has 1 aromatic carbocycles. The summed E-state index contributed by atoms with van der Waals surface area (Å²) < 4.78 is 27.3. The lowest BCUT2D eigenvalue weighted by Gasteiger charge is -2.05. The Morgan fingerprint density at radius 2 is 2.00 bits per heavy atom. The standard InChI is InChI=1S/C22H18F2N4O/c1-2-3-4-13-7-15(12-25-11-13)18-8-14(5-6-26-18)21(29)22-27-19-10-16(23)9-17(24)20(19)28-22/h5-12H,2-4H2,1H3,(H,27,28). The molecular weight excluding hydrogens is 374 g/mol. The number of imidazole rings is 1. The number of pyridine rings is 2. The molecule has 0 saturated heterocycles. The molecule has 0 fully saturated rings. The zero-order valence-corrected chi connectivity index (χ0v) is 15.7. The van der Waals surface area contributed by atoms with Gasteiger partial charge in [0.25, 0.3) is 0 Å². The van der Waals surface area contributed by atoms with Gasteiger partial charge in [-0.15, -0.1) is 0 Å². The van der Waals surface area contributed by atoms with E-state index in [1.165, 1.54) is 6.20 Å². The maximum atomic E-state index is 13.9. The second-order valence-corrected chi connectivity index (χ2v) is 6.81. The van der Waals surface area contributed by atoms with Crippen LogP contribution in [-0.2, 0) is 6.42 Å². The average molecular weight is 392 g/mol. The number of unbranched alkanes of at least 4 members (excludes halogenated alkanes) is 1. The van der Waals surface area contributed by atoms with Gasteiger partial charge in [-0.05, 0) is 42.7 Å². The molecule has 3 aromatic heterocycles. The molecule has 0 bridgehead atoms. The fourth-order valence-corrected chi connectivity index (χ4v) is 3.16. The third-order valence-electron chi connectivity index (χ3n) is 4.65. The van der Waals surface area contributed by atoms with Crippen molar-refractivity contribution in [2.24, 2.45) is 0 Å². The molecule has 0 radical (unpaired) electrons. The highest BCUT2D eigenvalue weighted by atomic mass is 19.1. The molecule has 5 nitrogen and oxygen atoms in total. The van der Waals surface area contributed by atoms with Gasteiger partial charge in [0, 0.05) is 35.8 Å². The van der Waals surface area contributed by atoms with Crippen molar-refractivity contribution in [1.29, 1.82) is 0 Å². The molecule has 0 amide bonds. The number of aromatic nitrogens is 4. The Kier molecular flexibility index (Phi) is 5.12. The quantitative estimate of drug-likeness (QED) is 0.475. The number of rotatable bonds is 6. The van der Waals surface area contributed by atoms with E-state index in [0.717, 1.165) is 42.5 Å². The second-order valence-electron chi connectivity index (χ2n) is 6.81. The van der Waals surface area contributed by atoms with Crippen molar-refractivity contribution in [3.8, 4) is 11.3 Å². The van der Waals surface area contributed by atoms with Crippen molar-refractivity contribution in [3.05, 3.63) is 77.5 Å². The SMILES string of the molecule is CCCCc1cncc(-c2cc(C(=O)c3nc4c(F)cc(F)cc4[nH]3)ccn2)c1. The highest BCUT2D eigenvalue weighted by Crippen LogP contribution is 2.22. The van der Waals surface area contributed by atoms with Crippen LogP contribution in [0.4, 0.5) is 8.78 Å². The lowest BCUT2D eigenvalue weighted by atomic mass is 10.0. The molecular formula is C22H18F2N4O. The zero-order chi connectivity index (χ0) is 20.4. The van der Waals surface area contributed by atoms with Gasteiger partial charge in [-0.1, -0.05) is 13.3 Å². The molecule has 0 unspecified atom stereocenters. The van der Waals surface area contributed by atoms with Crippen molar-refractivity contribution >= 4 is 16.8 Å². The Morgan fingerprint density at radius 1 is 1.14 bits per heavy atom. The monoisotopic (exact) mass is 392 g/mol. The van der Waals surface area contributed by atoms with Gasteiger partial charge in [-0.3, -0.25) is 14.8 Å². The van der Waals surface area contributed by atoms with Gasteiger partial charge in [-0.2, -0.15) is 0 Å². The number of hydrogen-bond donors (Lipinski definition) is 1. The molecule has 0 aliphatic heterocycles. The first-order valence-electron chi connectivity index (χ1n) is 9.35. The number of carbonyl (C=O) groups is 1. The number of aromatic amines is 1. The Labute approximate surface area is 165 Å². The molecule has 4 rings (SSSR count). The van der Waals surface area contributed by atoms with E-state index >= 15 is 0 Å². The van der Waals surface area contributed by atoms with Gasteiger partial charge in [0.1, 0.15) is 11.3 Å². The van der Waals surface area contributed by atoms with Crippen molar-refractivity contribution in [3.63, 3.8) is 0 Å². The van der Waals surface area contributed by atoms with Crippen molar-refractivity contribution in [2.75, 3.05) is 0 Å². The van der Waals surface area contributed by atoms with Crippen LogP contribution in [0.5, 0.6) is 0 Å². The lowest BCUT2D eigenvalue weighted by molar-refractivity contribution is 0.103. The third kappa shape index (κ3) is 3.89. The lowest BCUT2D eigenvalue weighted by Crippen LogP contribution is -2.04. The van der Waals surface area contributed by atoms with Crippen LogP contribution in [-0.4, -0.2) is 25.7 Å². The van der Waals surface area contributed by atoms with Crippen LogP contribution in [0.3, 0.4) is 0 Å². The smallest absolute Gasteiger partial charge is 0.228 e. The highest BCUT2D eigenvalue weighted by molar-refractivity contribution is 6.08. The van der Waals surface area contributed by atoms with E-state index in [0.29, 0.717) is 11.3 Å². The summed E-state index contributed by atoms with van der Waals surface area (Å²) in [5.74, 6) is -2.05. The van der Waals surface area contributed by atoms with E-state index in [-0.39, 0.29) is 16.9 Å². The third-order valence-corrected chi connectivity index (χ3v) is 4.65. The molecule has 0 aliphatic rings. The summed E-state index contributed by atoms with van der Waals surface area (Å²) in [6.07, 6.45) is 8.15. The summed E-state index contributed by atoms with van der Waals surface area (Å²) in [5.41, 5.74) is 2.93. The molecule has 0 spiro atoms. The Hall–Kier alpha value is -3.48. The second kappa shape index (κ2) is 7.87. The van der Waals surface area contributed by atoms with Crippen LogP contribution in [0.15, 0.2) is 48.9 Å². The Bertz CT molecular complexity index is 1200. The fourth-order valence-electron chi connectivity index (χ4n) is 3.16. The number of ketones is 1. The van der Waals surface area contributed by atoms with Crippen molar-refractivity contribution < 1.29 is 13.6 Å². The molecule has 0 atom stereocenters. The van der Waals surface area contributed by atoms with E-state index < -0.39 is 17.4 Å². The predicted molar refractivity (Wildman–Crippen MR) is 106 cm³/mol. The summed E-state index contributed by atoms with van der Waals surface area (Å²) in [7, 11) is 0. The van der Waals surface area contributed by atoms with E-state index in [2.05, 4.69) is 26.9 Å². The molecule has 7 heteroatoms. The Balaban J connectivity index is 1.67. The van der Waals surface area contributed by atoms with Crippen LogP contribution in [0, 0.1) is 11.6 Å². The van der Waals surface area contributed by atoms with E-state index in [1.807, 2.05) is 12.3 Å². The van der Waals surface area contributed by atoms with Crippen LogP contribution < -0.4 is 0 Å². The van der Waals surface area contributed by atoms with Crippen LogP contribution in [0.25, 0.3) is 22.3 Å². The minimum Gasteiger partial charge on any atom is -0.335 e. The van der Waals surface area contributed by atoms with Gasteiger partial charge in [0.15, 0.2) is 11.6 Å². The molecule has 146 valence electrons. The van der Waals surface area contributed by atoms with Gasteiger partial charge >= 0.3 is 0 Å². The fraction of sp³-hybridized carbons (Fsp3) is 0.182. The Morgan fingerprint density at radius 3 is 2.83 bits per heavy atom. The van der Waals surface area contributed by atoms with Crippen molar-refractivity contribution in [2.45, 2.75) is 26.2 Å². The van der Waals surface area contributed by atoms with Crippen LogP contribution in [0.1, 0.15) is 41.5 Å². The zero-order valence-electron chi connectivity index (χ0n) is 15.7. The van der Waals surface area contributed by atoms with Crippen LogP contribution in [0.2, 0.25) is 0 Å². The van der Waals surface area contributed by atoms with Gasteiger partial charge in [-0.25, -0.2) is 13.8 Å². The summed E-state index contributed by atoms with van der Waals surface area (Å²) in [5, 5.41) is 0. The first-order valence-corrected chi connectivity index (χ1v) is 9.35. The molecule has 0 saturated carbocycles. The summed E-state index contributed by atoms with van der Waals surface area (Å²) in [6.45, 7) is 2.13. The number of benzene rings is 1. The maximum absolute atomic E-state index is 13.9. The number of hydrogen-bond acceptors (Lipinski definition) is 4. The maximum Gasteiger partial charge on any atom is 0.228 e. The molecule has 29 heavy (non-hydrogen) atoms. The molecule has 3 heterocycles. The first kappa shape index (κ1) is 18.9. The number of carbonyl (C=O) groups excluding carboxylic acids is 1. The average Bonchev–Trinajstić information content (AvgIpc) is 3.16. The normalized spacial score (nSPS) is 11.1. The molecule has 4 aromatic rings. The number of H-pyrrole nitrogens is 1. The first-order chi connectivity index (χ1) is 14.0. The topological polar surface area (TPSA) is 71.5 Å². The van der Waals surface area contributed by atoms with Crippen LogP contribution >= 0.6 is 0 Å². The minimum atomic E-state index is -0.819. The van der Waals surface area contributed by atoms with Gasteiger partial charge in [0.2, 0.25) is 5.78 Å². The highest BCUT2D eigenvalue weighted by Gasteiger charge is 2.17. The van der Waals surface area contributed by atoms with E-state index in [4.69, 9.17) is 0 Å². The number of aryl methyl sites for hydroxylation is 1.